The average molecular weight is 376 g/mol. The molecule has 1 amide bonds. The molecule has 0 spiro atoms. The van der Waals surface area contributed by atoms with Crippen molar-refractivity contribution in [2.45, 2.75) is 26.3 Å². The summed E-state index contributed by atoms with van der Waals surface area (Å²) in [5.74, 6) is -1.44. The van der Waals surface area contributed by atoms with Crippen LogP contribution in [0.4, 0.5) is 0 Å². The normalized spacial score (nSPS) is 11.8. The highest BCUT2D eigenvalue weighted by molar-refractivity contribution is 9.10. The minimum Gasteiger partial charge on any atom is -0.480 e. The third kappa shape index (κ3) is 4.66. The van der Waals surface area contributed by atoms with Gasteiger partial charge in [0.15, 0.2) is 0 Å². The van der Waals surface area contributed by atoms with Crippen molar-refractivity contribution in [3.05, 3.63) is 69.2 Å². The lowest BCUT2D eigenvalue weighted by Gasteiger charge is -2.16. The molecule has 2 aromatic rings. The van der Waals surface area contributed by atoms with Crippen LogP contribution in [0.3, 0.4) is 0 Å². The molecule has 0 aliphatic carbocycles. The molecule has 23 heavy (non-hydrogen) atoms. The smallest absolute Gasteiger partial charge is 0.326 e. The van der Waals surface area contributed by atoms with Crippen molar-refractivity contribution >= 4 is 27.8 Å². The summed E-state index contributed by atoms with van der Waals surface area (Å²) in [4.78, 5) is 23.8. The summed E-state index contributed by atoms with van der Waals surface area (Å²) in [5.41, 5.74) is 3.24. The van der Waals surface area contributed by atoms with Gasteiger partial charge in [-0.15, -0.1) is 0 Å². The number of aliphatic carboxylic acids is 1. The van der Waals surface area contributed by atoms with E-state index in [9.17, 15) is 14.7 Å². The molecular weight excluding hydrogens is 358 g/mol. The molecule has 0 heterocycles. The van der Waals surface area contributed by atoms with E-state index >= 15 is 0 Å². The zero-order chi connectivity index (χ0) is 17.0. The molecule has 2 rings (SSSR count). The number of halogens is 1. The zero-order valence-electron chi connectivity index (χ0n) is 13.0. The van der Waals surface area contributed by atoms with Crippen LogP contribution in [0.2, 0.25) is 0 Å². The molecule has 4 nitrogen and oxygen atoms in total. The van der Waals surface area contributed by atoms with Crippen LogP contribution in [-0.2, 0) is 11.2 Å². The quantitative estimate of drug-likeness (QED) is 0.840. The number of nitrogens with one attached hydrogen (secondary N) is 1. The Morgan fingerprint density at radius 2 is 1.74 bits per heavy atom. The van der Waals surface area contributed by atoms with Crippen molar-refractivity contribution in [3.63, 3.8) is 0 Å². The fourth-order valence-electron chi connectivity index (χ4n) is 2.43. The van der Waals surface area contributed by atoms with E-state index < -0.39 is 12.0 Å². The maximum atomic E-state index is 12.4. The van der Waals surface area contributed by atoms with Gasteiger partial charge in [-0.25, -0.2) is 4.79 Å². The van der Waals surface area contributed by atoms with Crippen LogP contribution in [0.1, 0.15) is 27.0 Å². The topological polar surface area (TPSA) is 66.4 Å². The number of hydrogen-bond acceptors (Lipinski definition) is 2. The van der Waals surface area contributed by atoms with Crippen LogP contribution in [0, 0.1) is 13.8 Å². The largest absolute Gasteiger partial charge is 0.480 e. The molecule has 0 aliphatic rings. The zero-order valence-corrected chi connectivity index (χ0v) is 14.6. The molecule has 1 atom stereocenters. The molecule has 0 bridgehead atoms. The van der Waals surface area contributed by atoms with Crippen LogP contribution >= 0.6 is 15.9 Å². The summed E-state index contributed by atoms with van der Waals surface area (Å²) in [5, 5.41) is 12.0. The van der Waals surface area contributed by atoms with Gasteiger partial charge in [0.25, 0.3) is 5.91 Å². The van der Waals surface area contributed by atoms with Crippen LogP contribution in [0.25, 0.3) is 0 Å². The van der Waals surface area contributed by atoms with Gasteiger partial charge < -0.3 is 10.4 Å². The minimum atomic E-state index is -1.06. The predicted octanol–water partition coefficient (Wildman–Crippen LogP) is 3.49. The Balaban J connectivity index is 2.18. The van der Waals surface area contributed by atoms with Crippen LogP contribution in [0.15, 0.2) is 46.9 Å². The van der Waals surface area contributed by atoms with Crippen molar-refractivity contribution in [2.75, 3.05) is 0 Å². The van der Waals surface area contributed by atoms with Crippen LogP contribution in [-0.4, -0.2) is 23.0 Å². The molecule has 0 aromatic heterocycles. The van der Waals surface area contributed by atoms with E-state index in [-0.39, 0.29) is 12.3 Å². The van der Waals surface area contributed by atoms with Gasteiger partial charge in [-0.3, -0.25) is 4.79 Å². The lowest BCUT2D eigenvalue weighted by atomic mass is 10.0. The fourth-order valence-corrected chi connectivity index (χ4v) is 2.88. The van der Waals surface area contributed by atoms with Crippen molar-refractivity contribution < 1.29 is 14.7 Å². The first-order valence-corrected chi connectivity index (χ1v) is 8.01. The molecule has 0 saturated heterocycles. The summed E-state index contributed by atoms with van der Waals surface area (Å²) in [7, 11) is 0. The Kier molecular flexibility index (Phi) is 5.55. The number of hydrogen-bond donors (Lipinski definition) is 2. The Hall–Kier alpha value is -2.14. The van der Waals surface area contributed by atoms with E-state index in [1.165, 1.54) is 0 Å². The molecule has 5 heteroatoms. The Morgan fingerprint density at radius 3 is 2.30 bits per heavy atom. The van der Waals surface area contributed by atoms with Gasteiger partial charge in [-0.2, -0.15) is 0 Å². The first kappa shape index (κ1) is 17.2. The number of rotatable bonds is 5. The van der Waals surface area contributed by atoms with E-state index in [4.69, 9.17) is 0 Å². The second-order valence-corrected chi connectivity index (χ2v) is 6.39. The fraction of sp³-hybridized carbons (Fsp3) is 0.222. The highest BCUT2D eigenvalue weighted by atomic mass is 79.9. The molecule has 0 saturated carbocycles. The van der Waals surface area contributed by atoms with Crippen molar-refractivity contribution in [2.24, 2.45) is 0 Å². The number of carboxylic acid groups (broad SMARTS) is 1. The number of amides is 1. The number of benzene rings is 2. The maximum Gasteiger partial charge on any atom is 0.326 e. The summed E-state index contributed by atoms with van der Waals surface area (Å²) >= 11 is 3.40. The van der Waals surface area contributed by atoms with Gasteiger partial charge in [0.1, 0.15) is 6.04 Å². The van der Waals surface area contributed by atoms with Crippen LogP contribution < -0.4 is 5.32 Å². The van der Waals surface area contributed by atoms with Crippen molar-refractivity contribution in [1.29, 1.82) is 0 Å². The average Bonchev–Trinajstić information content (AvgIpc) is 2.47. The Labute approximate surface area is 143 Å². The lowest BCUT2D eigenvalue weighted by molar-refractivity contribution is -0.139. The first-order valence-electron chi connectivity index (χ1n) is 7.22. The van der Waals surface area contributed by atoms with E-state index in [0.717, 1.165) is 21.2 Å². The molecule has 0 fully saturated rings. The highest BCUT2D eigenvalue weighted by Crippen LogP contribution is 2.18. The molecular formula is C18H18BrNO3. The van der Waals surface area contributed by atoms with Gasteiger partial charge in [-0.05, 0) is 37.6 Å². The Morgan fingerprint density at radius 1 is 1.13 bits per heavy atom. The van der Waals surface area contributed by atoms with E-state index in [1.807, 2.05) is 44.2 Å². The summed E-state index contributed by atoms with van der Waals surface area (Å²) < 4.78 is 0.826. The molecule has 120 valence electrons. The highest BCUT2D eigenvalue weighted by Gasteiger charge is 2.22. The number of carbonyl (C=O) groups is 2. The molecule has 0 aliphatic heterocycles. The number of carboxylic acids is 1. The van der Waals surface area contributed by atoms with Gasteiger partial charge in [-0.1, -0.05) is 51.3 Å². The SMILES string of the molecule is Cc1cc(C)cc(C(=O)N[C@@H](Cc2ccccc2Br)C(=O)O)c1. The van der Waals surface area contributed by atoms with Crippen molar-refractivity contribution in [3.8, 4) is 0 Å². The minimum absolute atomic E-state index is 0.216. The summed E-state index contributed by atoms with van der Waals surface area (Å²) in [6.45, 7) is 3.80. The van der Waals surface area contributed by atoms with E-state index in [0.29, 0.717) is 5.56 Å². The van der Waals surface area contributed by atoms with Crippen LogP contribution in [0.5, 0.6) is 0 Å². The summed E-state index contributed by atoms with van der Waals surface area (Å²) in [6.07, 6.45) is 0.216. The molecule has 0 unspecified atom stereocenters. The monoisotopic (exact) mass is 375 g/mol. The molecule has 0 radical (unpaired) electrons. The molecule has 2 N–H and O–H groups in total. The van der Waals surface area contributed by atoms with Gasteiger partial charge >= 0.3 is 5.97 Å². The second-order valence-electron chi connectivity index (χ2n) is 5.54. The lowest BCUT2D eigenvalue weighted by Crippen LogP contribution is -2.42. The third-order valence-corrected chi connectivity index (χ3v) is 4.24. The Bertz CT molecular complexity index is 723. The first-order chi connectivity index (χ1) is 10.9. The molecule has 2 aromatic carbocycles. The van der Waals surface area contributed by atoms with Gasteiger partial charge in [0.05, 0.1) is 0 Å². The maximum absolute atomic E-state index is 12.4. The number of aryl methyl sites for hydroxylation is 2. The second kappa shape index (κ2) is 7.42. The van der Waals surface area contributed by atoms with E-state index in [2.05, 4.69) is 21.2 Å². The standard InChI is InChI=1S/C18H18BrNO3/c1-11-7-12(2)9-14(8-11)17(21)20-16(18(22)23)10-13-5-3-4-6-15(13)19/h3-9,16H,10H2,1-2H3,(H,20,21)(H,22,23)/t16-/m0/s1. The number of carbonyl (C=O) groups excluding carboxylic acids is 1. The summed E-state index contributed by atoms with van der Waals surface area (Å²) in [6, 6.07) is 11.9. The van der Waals surface area contributed by atoms with Gasteiger partial charge in [0.2, 0.25) is 0 Å². The van der Waals surface area contributed by atoms with E-state index in [1.54, 1.807) is 12.1 Å². The van der Waals surface area contributed by atoms with Gasteiger partial charge in [0, 0.05) is 16.5 Å². The predicted molar refractivity (Wildman–Crippen MR) is 92.7 cm³/mol. The third-order valence-electron chi connectivity index (χ3n) is 3.47. The van der Waals surface area contributed by atoms with Crippen molar-refractivity contribution in [1.82, 2.24) is 5.32 Å².